The Morgan fingerprint density at radius 2 is 1.18 bits per heavy atom. The van der Waals surface area contributed by atoms with Crippen molar-refractivity contribution in [2.75, 3.05) is 11.9 Å². The molecule has 0 aliphatic heterocycles. The second-order valence-corrected chi connectivity index (χ2v) is 11.9. The average Bonchev–Trinajstić information content (AvgIpc) is 3.63. The van der Waals surface area contributed by atoms with E-state index < -0.39 is 11.6 Å². The summed E-state index contributed by atoms with van der Waals surface area (Å²) in [6.07, 6.45) is 2.02. The number of nitrogens with one attached hydrogen (secondary N) is 1. The Bertz CT molecular complexity index is 2600. The van der Waals surface area contributed by atoms with E-state index in [2.05, 4.69) is 32.4 Å². The molecule has 0 fully saturated rings. The van der Waals surface area contributed by atoms with Gasteiger partial charge in [-0.15, -0.1) is 10.2 Å². The SMILES string of the molecule is CCCCNc1nc2ccc(F)cc2n2c(=O)n(Cc3ccccc3)nc12.O=c1n(Cc2ccccc2)nc2c(Cl)nc3ccc(F)cc3n12. The third-order valence-electron chi connectivity index (χ3n) is 8.06. The lowest BCUT2D eigenvalue weighted by Gasteiger charge is -2.08. The number of rotatable bonds is 8. The first-order valence-electron chi connectivity index (χ1n) is 16.0. The topological polar surface area (TPSA) is 116 Å². The summed E-state index contributed by atoms with van der Waals surface area (Å²) in [5, 5.41) is 12.1. The maximum absolute atomic E-state index is 13.8. The van der Waals surface area contributed by atoms with Crippen LogP contribution in [0.2, 0.25) is 5.15 Å². The predicted molar refractivity (Wildman–Crippen MR) is 189 cm³/mol. The maximum atomic E-state index is 13.8. The van der Waals surface area contributed by atoms with Gasteiger partial charge in [0.15, 0.2) is 16.6 Å². The highest BCUT2D eigenvalue weighted by Gasteiger charge is 2.18. The van der Waals surface area contributed by atoms with Gasteiger partial charge in [0, 0.05) is 18.7 Å². The zero-order valence-electron chi connectivity index (χ0n) is 26.8. The molecule has 0 aliphatic rings. The molecule has 50 heavy (non-hydrogen) atoms. The van der Waals surface area contributed by atoms with Gasteiger partial charge in [-0.1, -0.05) is 85.6 Å². The van der Waals surface area contributed by atoms with Crippen LogP contribution in [-0.4, -0.2) is 44.9 Å². The maximum Gasteiger partial charge on any atom is 0.351 e. The lowest BCUT2D eigenvalue weighted by Crippen LogP contribution is -2.22. The molecule has 0 amide bonds. The van der Waals surface area contributed by atoms with Crippen molar-refractivity contribution in [2.45, 2.75) is 32.9 Å². The Balaban J connectivity index is 0.000000159. The lowest BCUT2D eigenvalue weighted by atomic mass is 10.2. The Morgan fingerprint density at radius 3 is 1.72 bits per heavy atom. The molecule has 0 spiro atoms. The fourth-order valence-corrected chi connectivity index (χ4v) is 5.84. The molecule has 4 aromatic heterocycles. The van der Waals surface area contributed by atoms with Gasteiger partial charge in [-0.25, -0.2) is 46.5 Å². The molecule has 14 heteroatoms. The predicted octanol–water partition coefficient (Wildman–Crippen LogP) is 6.33. The molecular formula is C36H30ClF2N9O2. The van der Waals surface area contributed by atoms with E-state index >= 15 is 0 Å². The number of benzene rings is 4. The molecule has 0 radical (unpaired) electrons. The molecule has 0 saturated heterocycles. The summed E-state index contributed by atoms with van der Waals surface area (Å²) < 4.78 is 32.8. The van der Waals surface area contributed by atoms with Crippen LogP contribution in [0.3, 0.4) is 0 Å². The number of aromatic nitrogens is 8. The van der Waals surface area contributed by atoms with E-state index in [1.54, 1.807) is 6.07 Å². The molecule has 0 unspecified atom stereocenters. The highest BCUT2D eigenvalue weighted by atomic mass is 35.5. The van der Waals surface area contributed by atoms with Crippen molar-refractivity contribution in [3.8, 4) is 0 Å². The fraction of sp³-hybridized carbons (Fsp3) is 0.167. The quantitative estimate of drug-likeness (QED) is 0.185. The number of unbranched alkanes of at least 4 members (excludes halogenated alkanes) is 1. The number of anilines is 1. The minimum absolute atomic E-state index is 0.105. The molecule has 8 rings (SSSR count). The van der Waals surface area contributed by atoms with Gasteiger partial charge in [0.25, 0.3) is 0 Å². The van der Waals surface area contributed by atoms with Gasteiger partial charge < -0.3 is 5.32 Å². The molecule has 4 heterocycles. The normalized spacial score (nSPS) is 11.4. The molecule has 252 valence electrons. The van der Waals surface area contributed by atoms with Gasteiger partial charge in [-0.05, 0) is 41.8 Å². The van der Waals surface area contributed by atoms with Gasteiger partial charge in [-0.3, -0.25) is 0 Å². The second-order valence-electron chi connectivity index (χ2n) is 11.6. The van der Waals surface area contributed by atoms with E-state index in [-0.39, 0.29) is 22.2 Å². The fourth-order valence-electron chi connectivity index (χ4n) is 5.62. The van der Waals surface area contributed by atoms with Crippen molar-refractivity contribution in [2.24, 2.45) is 0 Å². The molecule has 11 nitrogen and oxygen atoms in total. The summed E-state index contributed by atoms with van der Waals surface area (Å²) in [7, 11) is 0. The van der Waals surface area contributed by atoms with Crippen molar-refractivity contribution in [3.05, 3.63) is 146 Å². The largest absolute Gasteiger partial charge is 0.367 e. The van der Waals surface area contributed by atoms with Crippen LogP contribution in [0, 0.1) is 11.6 Å². The minimum Gasteiger partial charge on any atom is -0.367 e. The van der Waals surface area contributed by atoms with Crippen LogP contribution in [0.5, 0.6) is 0 Å². The highest BCUT2D eigenvalue weighted by Crippen LogP contribution is 2.22. The number of halogens is 3. The summed E-state index contributed by atoms with van der Waals surface area (Å²) in [6, 6.07) is 27.3. The molecule has 8 aromatic rings. The van der Waals surface area contributed by atoms with E-state index in [1.165, 1.54) is 48.5 Å². The van der Waals surface area contributed by atoms with Crippen LogP contribution >= 0.6 is 11.6 Å². The van der Waals surface area contributed by atoms with Gasteiger partial charge in [0.05, 0.1) is 35.2 Å². The molecule has 0 bridgehead atoms. The molecule has 1 N–H and O–H groups in total. The van der Waals surface area contributed by atoms with Crippen LogP contribution in [0.25, 0.3) is 33.4 Å². The van der Waals surface area contributed by atoms with Crippen LogP contribution in [0.1, 0.15) is 30.9 Å². The summed E-state index contributed by atoms with van der Waals surface area (Å²) in [5.74, 6) is -0.336. The Kier molecular flexibility index (Phi) is 9.05. The molecule has 4 aromatic carbocycles. The minimum atomic E-state index is -0.453. The van der Waals surface area contributed by atoms with E-state index in [4.69, 9.17) is 11.6 Å². The van der Waals surface area contributed by atoms with Crippen LogP contribution in [-0.2, 0) is 13.1 Å². The number of nitrogens with zero attached hydrogens (tertiary/aromatic N) is 8. The summed E-state index contributed by atoms with van der Waals surface area (Å²) >= 11 is 6.12. The van der Waals surface area contributed by atoms with Crippen molar-refractivity contribution in [3.63, 3.8) is 0 Å². The first-order chi connectivity index (χ1) is 24.3. The summed E-state index contributed by atoms with van der Waals surface area (Å²) in [6.45, 7) is 3.47. The monoisotopic (exact) mass is 693 g/mol. The van der Waals surface area contributed by atoms with E-state index in [0.717, 1.165) is 30.5 Å². The number of hydrogen-bond acceptors (Lipinski definition) is 7. The Morgan fingerprint density at radius 1 is 0.680 bits per heavy atom. The van der Waals surface area contributed by atoms with Crippen molar-refractivity contribution < 1.29 is 8.78 Å². The van der Waals surface area contributed by atoms with Gasteiger partial charge in [0.1, 0.15) is 11.6 Å². The number of hydrogen-bond donors (Lipinski definition) is 1. The van der Waals surface area contributed by atoms with Crippen LogP contribution < -0.4 is 16.7 Å². The Hall–Kier alpha value is -5.95. The molecular weight excluding hydrogens is 664 g/mol. The smallest absolute Gasteiger partial charge is 0.351 e. The summed E-state index contributed by atoms with van der Waals surface area (Å²) in [4.78, 5) is 34.4. The third-order valence-corrected chi connectivity index (χ3v) is 8.31. The first-order valence-corrected chi connectivity index (χ1v) is 16.3. The van der Waals surface area contributed by atoms with Crippen LogP contribution in [0.15, 0.2) is 107 Å². The molecule has 0 saturated carbocycles. The third kappa shape index (κ3) is 6.42. The van der Waals surface area contributed by atoms with Gasteiger partial charge >= 0.3 is 11.4 Å². The standard InChI is InChI=1S/C20H20FN5O.C16H10ClFN4O/c1-2-3-11-22-18-19-24-25(13-14-7-5-4-6-8-14)20(27)26(19)17-12-15(21)9-10-16(17)23-18;17-14-15-20-21(9-10-4-2-1-3-5-10)16(23)22(15)13-8-11(18)6-7-12(13)19-14/h4-10,12H,2-3,11,13H2,1H3,(H,22,23);1-8H,9H2. The Labute approximate surface area is 288 Å². The van der Waals surface area contributed by atoms with E-state index in [0.29, 0.717) is 46.6 Å². The van der Waals surface area contributed by atoms with Crippen molar-refractivity contribution in [1.82, 2.24) is 38.3 Å². The van der Waals surface area contributed by atoms with Crippen LogP contribution in [0.4, 0.5) is 14.6 Å². The molecule has 0 aliphatic carbocycles. The summed E-state index contributed by atoms with van der Waals surface area (Å²) in [5.41, 5.74) is 3.55. The molecule has 0 atom stereocenters. The van der Waals surface area contributed by atoms with Gasteiger partial charge in [0.2, 0.25) is 5.65 Å². The van der Waals surface area contributed by atoms with E-state index in [9.17, 15) is 18.4 Å². The number of fused-ring (bicyclic) bond motifs is 6. The first kappa shape index (κ1) is 32.6. The highest BCUT2D eigenvalue weighted by molar-refractivity contribution is 6.32. The average molecular weight is 694 g/mol. The zero-order chi connectivity index (χ0) is 34.8. The zero-order valence-corrected chi connectivity index (χ0v) is 27.6. The van der Waals surface area contributed by atoms with E-state index in [1.807, 2.05) is 60.7 Å². The van der Waals surface area contributed by atoms with Crippen molar-refractivity contribution in [1.29, 1.82) is 0 Å². The lowest BCUT2D eigenvalue weighted by molar-refractivity contribution is 0.628. The van der Waals surface area contributed by atoms with Crippen molar-refractivity contribution >= 4 is 50.8 Å². The van der Waals surface area contributed by atoms with Gasteiger partial charge in [-0.2, -0.15) is 0 Å². The second kappa shape index (κ2) is 13.9.